The van der Waals surface area contributed by atoms with Crippen molar-refractivity contribution in [1.29, 1.82) is 0 Å². The predicted molar refractivity (Wildman–Crippen MR) is 125 cm³/mol. The molecule has 4 aromatic rings. The smallest absolute Gasteiger partial charge is 0.269 e. The molecule has 0 fully saturated rings. The van der Waals surface area contributed by atoms with Gasteiger partial charge in [0.1, 0.15) is 5.69 Å². The van der Waals surface area contributed by atoms with Crippen molar-refractivity contribution in [3.8, 4) is 11.3 Å². The quantitative estimate of drug-likeness (QED) is 0.366. The molecule has 4 nitrogen and oxygen atoms in total. The van der Waals surface area contributed by atoms with Crippen LogP contribution in [0.25, 0.3) is 32.8 Å². The SMILES string of the molecule is Cc1ccc(-c2nc(C(=O)NCCCN(C)C)cc3c2ccc2ccccc23)cc1. The van der Waals surface area contributed by atoms with Crippen LogP contribution in [-0.2, 0) is 0 Å². The number of carbonyl (C=O) groups is 1. The number of carbonyl (C=O) groups excluding carboxylic acids is 1. The molecule has 1 heterocycles. The van der Waals surface area contributed by atoms with Crippen LogP contribution in [0, 0.1) is 6.92 Å². The number of fused-ring (bicyclic) bond motifs is 3. The second-order valence-electron chi connectivity index (χ2n) is 8.02. The molecule has 0 aliphatic carbocycles. The Morgan fingerprint density at radius 1 is 0.933 bits per heavy atom. The highest BCUT2D eigenvalue weighted by Crippen LogP contribution is 2.32. The fraction of sp³-hybridized carbons (Fsp3) is 0.231. The van der Waals surface area contributed by atoms with Gasteiger partial charge in [0.25, 0.3) is 5.91 Å². The lowest BCUT2D eigenvalue weighted by Crippen LogP contribution is -2.27. The number of rotatable bonds is 6. The number of benzene rings is 3. The number of pyridine rings is 1. The van der Waals surface area contributed by atoms with Gasteiger partial charge in [-0.2, -0.15) is 0 Å². The number of nitrogens with one attached hydrogen (secondary N) is 1. The van der Waals surface area contributed by atoms with Crippen LogP contribution in [0.15, 0.2) is 66.7 Å². The van der Waals surface area contributed by atoms with Crippen molar-refractivity contribution in [2.45, 2.75) is 13.3 Å². The molecule has 4 rings (SSSR count). The predicted octanol–water partition coefficient (Wildman–Crippen LogP) is 5.04. The van der Waals surface area contributed by atoms with Crippen molar-refractivity contribution >= 4 is 27.5 Å². The van der Waals surface area contributed by atoms with Crippen LogP contribution < -0.4 is 5.32 Å². The third kappa shape index (κ3) is 4.19. The summed E-state index contributed by atoms with van der Waals surface area (Å²) in [5.74, 6) is -0.128. The van der Waals surface area contributed by atoms with Crippen molar-refractivity contribution < 1.29 is 4.79 Å². The normalized spacial score (nSPS) is 11.3. The Labute approximate surface area is 177 Å². The number of aryl methyl sites for hydroxylation is 1. The van der Waals surface area contributed by atoms with Gasteiger partial charge in [0.2, 0.25) is 0 Å². The molecule has 0 aliphatic heterocycles. The molecule has 3 aromatic carbocycles. The molecule has 0 aliphatic rings. The largest absolute Gasteiger partial charge is 0.351 e. The Morgan fingerprint density at radius 3 is 2.47 bits per heavy atom. The van der Waals surface area contributed by atoms with E-state index in [1.54, 1.807) is 0 Å². The van der Waals surface area contributed by atoms with E-state index in [0.717, 1.165) is 45.8 Å². The molecular weight excluding hydrogens is 370 g/mol. The standard InChI is InChI=1S/C26H27N3O/c1-18-9-11-20(12-10-18)25-22-14-13-19-7-4-5-8-21(19)23(22)17-24(28-25)26(30)27-15-6-16-29(2)3/h4-5,7-14,17H,6,15-16H2,1-3H3,(H,27,30). The first kappa shape index (κ1) is 20.0. The van der Waals surface area contributed by atoms with Gasteiger partial charge >= 0.3 is 0 Å². The molecule has 4 heteroatoms. The minimum atomic E-state index is -0.128. The van der Waals surface area contributed by atoms with E-state index in [2.05, 4.69) is 65.7 Å². The summed E-state index contributed by atoms with van der Waals surface area (Å²) in [6.45, 7) is 3.64. The van der Waals surface area contributed by atoms with Gasteiger partial charge in [0, 0.05) is 17.5 Å². The van der Waals surface area contributed by atoms with Crippen LogP contribution >= 0.6 is 0 Å². The Bertz CT molecular complexity index is 1200. The summed E-state index contributed by atoms with van der Waals surface area (Å²) >= 11 is 0. The minimum absolute atomic E-state index is 0.128. The molecule has 0 saturated heterocycles. The second kappa shape index (κ2) is 8.64. The van der Waals surface area contributed by atoms with Crippen LogP contribution in [0.5, 0.6) is 0 Å². The molecule has 1 N–H and O–H groups in total. The lowest BCUT2D eigenvalue weighted by molar-refractivity contribution is 0.0947. The zero-order valence-corrected chi connectivity index (χ0v) is 17.8. The number of hydrogen-bond donors (Lipinski definition) is 1. The van der Waals surface area contributed by atoms with Crippen LogP contribution in [-0.4, -0.2) is 43.0 Å². The summed E-state index contributed by atoms with van der Waals surface area (Å²) in [6.07, 6.45) is 0.903. The van der Waals surface area contributed by atoms with Crippen molar-refractivity contribution in [3.05, 3.63) is 78.0 Å². The number of hydrogen-bond acceptors (Lipinski definition) is 3. The molecular formula is C26H27N3O. The summed E-state index contributed by atoms with van der Waals surface area (Å²) < 4.78 is 0. The molecule has 30 heavy (non-hydrogen) atoms. The van der Waals surface area contributed by atoms with E-state index in [-0.39, 0.29) is 5.91 Å². The van der Waals surface area contributed by atoms with E-state index in [1.807, 2.05) is 32.3 Å². The second-order valence-corrected chi connectivity index (χ2v) is 8.02. The molecule has 1 aromatic heterocycles. The molecule has 0 unspecified atom stereocenters. The summed E-state index contributed by atoms with van der Waals surface area (Å²) in [4.78, 5) is 19.8. The third-order valence-corrected chi connectivity index (χ3v) is 5.36. The molecule has 0 bridgehead atoms. The van der Waals surface area contributed by atoms with Gasteiger partial charge in [0.15, 0.2) is 0 Å². The third-order valence-electron chi connectivity index (χ3n) is 5.36. The van der Waals surface area contributed by atoms with Gasteiger partial charge < -0.3 is 10.2 Å². The van der Waals surface area contributed by atoms with Crippen molar-refractivity contribution in [3.63, 3.8) is 0 Å². The zero-order chi connectivity index (χ0) is 21.1. The van der Waals surface area contributed by atoms with E-state index in [9.17, 15) is 4.79 Å². The number of nitrogens with zero attached hydrogens (tertiary/aromatic N) is 2. The summed E-state index contributed by atoms with van der Waals surface area (Å²) in [6, 6.07) is 22.7. The topological polar surface area (TPSA) is 45.2 Å². The number of amides is 1. The van der Waals surface area contributed by atoms with Crippen molar-refractivity contribution in [2.24, 2.45) is 0 Å². The van der Waals surface area contributed by atoms with Gasteiger partial charge in [-0.3, -0.25) is 4.79 Å². The molecule has 152 valence electrons. The highest BCUT2D eigenvalue weighted by molar-refractivity contribution is 6.13. The Morgan fingerprint density at radius 2 is 1.70 bits per heavy atom. The minimum Gasteiger partial charge on any atom is -0.351 e. The van der Waals surface area contributed by atoms with E-state index >= 15 is 0 Å². The fourth-order valence-corrected chi connectivity index (χ4v) is 3.74. The molecule has 1 amide bonds. The summed E-state index contributed by atoms with van der Waals surface area (Å²) in [7, 11) is 4.07. The summed E-state index contributed by atoms with van der Waals surface area (Å²) in [5.41, 5.74) is 3.52. The van der Waals surface area contributed by atoms with E-state index in [1.165, 1.54) is 5.56 Å². The highest BCUT2D eigenvalue weighted by Gasteiger charge is 2.15. The molecule has 0 spiro atoms. The van der Waals surface area contributed by atoms with Crippen LogP contribution in [0.1, 0.15) is 22.5 Å². The Kier molecular flexibility index (Phi) is 5.77. The Hall–Kier alpha value is -3.24. The molecule has 0 saturated carbocycles. The maximum Gasteiger partial charge on any atom is 0.269 e. The lowest BCUT2D eigenvalue weighted by atomic mass is 9.97. The fourth-order valence-electron chi connectivity index (χ4n) is 3.74. The number of aromatic nitrogens is 1. The Balaban J connectivity index is 1.81. The van der Waals surface area contributed by atoms with Crippen molar-refractivity contribution in [2.75, 3.05) is 27.2 Å². The highest BCUT2D eigenvalue weighted by atomic mass is 16.1. The van der Waals surface area contributed by atoms with E-state index < -0.39 is 0 Å². The van der Waals surface area contributed by atoms with Crippen molar-refractivity contribution in [1.82, 2.24) is 15.2 Å². The average Bonchev–Trinajstić information content (AvgIpc) is 2.76. The van der Waals surface area contributed by atoms with E-state index in [0.29, 0.717) is 12.2 Å². The van der Waals surface area contributed by atoms with E-state index in [4.69, 9.17) is 4.98 Å². The van der Waals surface area contributed by atoms with Gasteiger partial charge in [-0.1, -0.05) is 66.2 Å². The zero-order valence-electron chi connectivity index (χ0n) is 17.8. The first-order chi connectivity index (χ1) is 14.5. The summed E-state index contributed by atoms with van der Waals surface area (Å²) in [5, 5.41) is 7.42. The first-order valence-corrected chi connectivity index (χ1v) is 10.4. The van der Waals surface area contributed by atoms with Gasteiger partial charge in [-0.25, -0.2) is 4.98 Å². The van der Waals surface area contributed by atoms with Crippen LogP contribution in [0.3, 0.4) is 0 Å². The maximum absolute atomic E-state index is 12.9. The van der Waals surface area contributed by atoms with Gasteiger partial charge in [-0.15, -0.1) is 0 Å². The van der Waals surface area contributed by atoms with Crippen LogP contribution in [0.4, 0.5) is 0 Å². The average molecular weight is 398 g/mol. The first-order valence-electron chi connectivity index (χ1n) is 10.4. The molecule has 0 radical (unpaired) electrons. The van der Waals surface area contributed by atoms with Gasteiger partial charge in [-0.05, 0) is 56.2 Å². The monoisotopic (exact) mass is 397 g/mol. The van der Waals surface area contributed by atoms with Gasteiger partial charge in [0.05, 0.1) is 5.69 Å². The van der Waals surface area contributed by atoms with Crippen LogP contribution in [0.2, 0.25) is 0 Å². The molecule has 0 atom stereocenters. The lowest BCUT2D eigenvalue weighted by Gasteiger charge is -2.13. The maximum atomic E-state index is 12.9.